The van der Waals surface area contributed by atoms with Crippen LogP contribution in [0, 0.1) is 6.92 Å². The molecule has 2 atom stereocenters. The highest BCUT2D eigenvalue weighted by Gasteiger charge is 2.19. The molecule has 2 aromatic rings. The molecule has 0 aliphatic heterocycles. The van der Waals surface area contributed by atoms with Crippen LogP contribution in [-0.2, 0) is 0 Å². The molecule has 1 aromatic carbocycles. The molecule has 2 rings (SSSR count). The van der Waals surface area contributed by atoms with Crippen LogP contribution in [0.15, 0.2) is 41.8 Å². The maximum atomic E-state index is 6.08. The molecule has 0 saturated carbocycles. The van der Waals surface area contributed by atoms with E-state index in [-0.39, 0.29) is 11.3 Å². The van der Waals surface area contributed by atoms with Crippen LogP contribution in [0.25, 0.3) is 0 Å². The summed E-state index contributed by atoms with van der Waals surface area (Å²) in [5.74, 6) is 0. The van der Waals surface area contributed by atoms with E-state index in [0.717, 1.165) is 21.3 Å². The predicted molar refractivity (Wildman–Crippen MR) is 80.5 cm³/mol. The van der Waals surface area contributed by atoms with Gasteiger partial charge in [0.05, 0.1) is 5.25 Å². The molecule has 0 bridgehead atoms. The minimum absolute atomic E-state index is 0.00363. The zero-order valence-corrected chi connectivity index (χ0v) is 12.4. The van der Waals surface area contributed by atoms with E-state index in [9.17, 15) is 0 Å². The third-order valence-electron chi connectivity index (χ3n) is 2.67. The normalized spacial score (nSPS) is 14.1. The highest BCUT2D eigenvalue weighted by molar-refractivity contribution is 7.99. The maximum Gasteiger partial charge on any atom is 0.188 e. The van der Waals surface area contributed by atoms with Gasteiger partial charge < -0.3 is 5.73 Å². The monoisotopic (exact) mass is 293 g/mol. The minimum atomic E-state index is -0.00363. The van der Waals surface area contributed by atoms with Gasteiger partial charge in [0.15, 0.2) is 5.16 Å². The van der Waals surface area contributed by atoms with Crippen molar-refractivity contribution in [2.75, 3.05) is 0 Å². The lowest BCUT2D eigenvalue weighted by Crippen LogP contribution is -2.22. The second-order valence-electron chi connectivity index (χ2n) is 4.49. The average Bonchev–Trinajstić information content (AvgIpc) is 2.39. The van der Waals surface area contributed by atoms with Gasteiger partial charge in [0.25, 0.3) is 0 Å². The lowest BCUT2D eigenvalue weighted by molar-refractivity contribution is 0.717. The van der Waals surface area contributed by atoms with E-state index in [1.807, 2.05) is 50.5 Å². The Morgan fingerprint density at radius 2 is 1.74 bits per heavy atom. The summed E-state index contributed by atoms with van der Waals surface area (Å²) in [6, 6.07) is 7.75. The number of benzene rings is 1. The summed E-state index contributed by atoms with van der Waals surface area (Å²) in [6.07, 6.45) is 3.63. The summed E-state index contributed by atoms with van der Waals surface area (Å²) in [5.41, 5.74) is 8.26. The molecule has 0 aliphatic carbocycles. The van der Waals surface area contributed by atoms with Crippen LogP contribution in [-0.4, -0.2) is 16.0 Å². The molecule has 1 heterocycles. The first kappa shape index (κ1) is 14.3. The van der Waals surface area contributed by atoms with Gasteiger partial charge >= 0.3 is 0 Å². The Bertz CT molecular complexity index is 525. The van der Waals surface area contributed by atoms with E-state index in [0.29, 0.717) is 0 Å². The van der Waals surface area contributed by atoms with Crippen molar-refractivity contribution in [2.24, 2.45) is 5.73 Å². The molecule has 5 heteroatoms. The summed E-state index contributed by atoms with van der Waals surface area (Å²) >= 11 is 7.48. The Kier molecular flexibility index (Phi) is 4.80. The van der Waals surface area contributed by atoms with Gasteiger partial charge in [-0.1, -0.05) is 35.5 Å². The van der Waals surface area contributed by atoms with Crippen molar-refractivity contribution in [1.82, 2.24) is 9.97 Å². The summed E-state index contributed by atoms with van der Waals surface area (Å²) < 4.78 is 0. The van der Waals surface area contributed by atoms with Crippen molar-refractivity contribution < 1.29 is 0 Å². The first-order valence-corrected chi connectivity index (χ1v) is 7.28. The van der Waals surface area contributed by atoms with Gasteiger partial charge in [0.1, 0.15) is 0 Å². The zero-order valence-electron chi connectivity index (χ0n) is 10.9. The molecule has 2 N–H and O–H groups in total. The van der Waals surface area contributed by atoms with E-state index >= 15 is 0 Å². The Morgan fingerprint density at radius 1 is 1.16 bits per heavy atom. The van der Waals surface area contributed by atoms with Gasteiger partial charge in [-0.3, -0.25) is 0 Å². The van der Waals surface area contributed by atoms with Crippen LogP contribution < -0.4 is 5.73 Å². The number of thioether (sulfide) groups is 1. The molecule has 2 unspecified atom stereocenters. The standard InChI is InChI=1S/C14H16ClN3S/c1-9-7-17-14(18-8-9)19-13(10(2)16)11-3-5-12(15)6-4-11/h3-8,10,13H,16H2,1-2H3. The fourth-order valence-electron chi connectivity index (χ4n) is 1.69. The van der Waals surface area contributed by atoms with Crippen LogP contribution >= 0.6 is 23.4 Å². The fourth-order valence-corrected chi connectivity index (χ4v) is 2.77. The molecule has 0 fully saturated rings. The van der Waals surface area contributed by atoms with Gasteiger partial charge in [-0.05, 0) is 37.1 Å². The molecule has 0 saturated heterocycles. The Labute approximate surface area is 122 Å². The molecular weight excluding hydrogens is 278 g/mol. The van der Waals surface area contributed by atoms with Crippen LogP contribution in [0.3, 0.4) is 0 Å². The lowest BCUT2D eigenvalue weighted by Gasteiger charge is -2.19. The highest BCUT2D eigenvalue weighted by atomic mass is 35.5. The second-order valence-corrected chi connectivity index (χ2v) is 6.04. The molecule has 100 valence electrons. The lowest BCUT2D eigenvalue weighted by atomic mass is 10.1. The number of aryl methyl sites for hydroxylation is 1. The van der Waals surface area contributed by atoms with Crippen molar-refractivity contribution in [2.45, 2.75) is 30.3 Å². The first-order chi connectivity index (χ1) is 9.06. The van der Waals surface area contributed by atoms with Crippen LogP contribution in [0.1, 0.15) is 23.3 Å². The van der Waals surface area contributed by atoms with Gasteiger partial charge in [0.2, 0.25) is 0 Å². The van der Waals surface area contributed by atoms with Gasteiger partial charge in [-0.25, -0.2) is 9.97 Å². The van der Waals surface area contributed by atoms with Gasteiger partial charge in [-0.15, -0.1) is 0 Å². The Morgan fingerprint density at radius 3 is 2.26 bits per heavy atom. The van der Waals surface area contributed by atoms with Crippen LogP contribution in [0.5, 0.6) is 0 Å². The number of aromatic nitrogens is 2. The average molecular weight is 294 g/mol. The Hall–Kier alpha value is -1.10. The number of halogens is 1. The van der Waals surface area contributed by atoms with E-state index in [4.69, 9.17) is 17.3 Å². The largest absolute Gasteiger partial charge is 0.327 e. The maximum absolute atomic E-state index is 6.08. The van der Waals surface area contributed by atoms with Crippen LogP contribution in [0.4, 0.5) is 0 Å². The topological polar surface area (TPSA) is 51.8 Å². The predicted octanol–water partition coefficient (Wildman–Crippen LogP) is 3.62. The van der Waals surface area contributed by atoms with Crippen molar-refractivity contribution in [1.29, 1.82) is 0 Å². The van der Waals surface area contributed by atoms with E-state index in [2.05, 4.69) is 9.97 Å². The molecule has 0 radical (unpaired) electrons. The smallest absolute Gasteiger partial charge is 0.188 e. The molecule has 19 heavy (non-hydrogen) atoms. The summed E-state index contributed by atoms with van der Waals surface area (Å²) in [5, 5.41) is 1.58. The number of nitrogens with zero attached hydrogens (tertiary/aromatic N) is 2. The Balaban J connectivity index is 2.21. The molecule has 0 aliphatic rings. The third kappa shape index (κ3) is 3.93. The van der Waals surface area contributed by atoms with Gasteiger partial charge in [-0.2, -0.15) is 0 Å². The number of hydrogen-bond acceptors (Lipinski definition) is 4. The quantitative estimate of drug-likeness (QED) is 0.691. The van der Waals surface area contributed by atoms with Crippen molar-refractivity contribution >= 4 is 23.4 Å². The minimum Gasteiger partial charge on any atom is -0.327 e. The van der Waals surface area contributed by atoms with Gasteiger partial charge in [0, 0.05) is 23.5 Å². The first-order valence-electron chi connectivity index (χ1n) is 6.02. The van der Waals surface area contributed by atoms with Crippen LogP contribution in [0.2, 0.25) is 5.02 Å². The highest BCUT2D eigenvalue weighted by Crippen LogP contribution is 2.35. The molecule has 3 nitrogen and oxygen atoms in total. The zero-order chi connectivity index (χ0) is 13.8. The number of nitrogens with two attached hydrogens (primary N) is 1. The summed E-state index contributed by atoms with van der Waals surface area (Å²) in [4.78, 5) is 8.63. The van der Waals surface area contributed by atoms with Crippen molar-refractivity contribution in [3.63, 3.8) is 0 Å². The fraction of sp³-hybridized carbons (Fsp3) is 0.286. The molecule has 0 spiro atoms. The van der Waals surface area contributed by atoms with E-state index in [1.54, 1.807) is 11.8 Å². The second kappa shape index (κ2) is 6.37. The number of hydrogen-bond donors (Lipinski definition) is 1. The van der Waals surface area contributed by atoms with Crippen molar-refractivity contribution in [3.05, 3.63) is 52.8 Å². The number of rotatable bonds is 4. The molecule has 1 aromatic heterocycles. The third-order valence-corrected chi connectivity index (χ3v) is 4.29. The SMILES string of the molecule is Cc1cnc(SC(c2ccc(Cl)cc2)C(C)N)nc1. The molecular formula is C14H16ClN3S. The summed E-state index contributed by atoms with van der Waals surface area (Å²) in [7, 11) is 0. The van der Waals surface area contributed by atoms with E-state index in [1.165, 1.54) is 0 Å². The molecule has 0 amide bonds. The summed E-state index contributed by atoms with van der Waals surface area (Å²) in [6.45, 7) is 3.96. The van der Waals surface area contributed by atoms with E-state index < -0.39 is 0 Å². The van der Waals surface area contributed by atoms with Crippen molar-refractivity contribution in [3.8, 4) is 0 Å².